The van der Waals surface area contributed by atoms with Crippen molar-refractivity contribution in [1.82, 2.24) is 10.0 Å². The number of hydrogen-bond donors (Lipinski definition) is 2. The minimum Gasteiger partial charge on any atom is -0.342 e. The molecule has 2 unspecified atom stereocenters. The van der Waals surface area contributed by atoms with E-state index in [9.17, 15) is 9.18 Å². The molecule has 150 valence electrons. The van der Waals surface area contributed by atoms with E-state index in [0.29, 0.717) is 10.5 Å². The second-order valence-electron chi connectivity index (χ2n) is 7.57. The van der Waals surface area contributed by atoms with Gasteiger partial charge in [-0.15, -0.1) is 23.5 Å². The number of fused-ring (bicyclic) bond motifs is 3. The standard InChI is InChI=1S/C22H21FN2O2S2/c23-14-6-8-17-16(10-14)21-18(11-20(29-21)13-4-2-1-3-5-13)25(17)12-15-7-9-19(28-15)22(26)24-27/h1-6,8,10,15,19-20,27H,7,9,11-12H2,(H,24,26)/t15?,19?,20-/m1/s1. The van der Waals surface area contributed by atoms with E-state index in [0.717, 1.165) is 36.7 Å². The Morgan fingerprint density at radius 2 is 2.03 bits per heavy atom. The molecule has 2 aliphatic heterocycles. The number of hydrogen-bond acceptors (Lipinski definition) is 4. The van der Waals surface area contributed by atoms with Gasteiger partial charge in [0.05, 0.1) is 5.25 Å². The highest BCUT2D eigenvalue weighted by Crippen LogP contribution is 2.51. The van der Waals surface area contributed by atoms with Gasteiger partial charge in [-0.2, -0.15) is 0 Å². The Balaban J connectivity index is 1.48. The predicted octanol–water partition coefficient (Wildman–Crippen LogP) is 4.94. The Morgan fingerprint density at radius 3 is 2.83 bits per heavy atom. The summed E-state index contributed by atoms with van der Waals surface area (Å²) >= 11 is 3.45. The minimum atomic E-state index is -0.318. The Labute approximate surface area is 176 Å². The first kappa shape index (κ1) is 19.0. The molecule has 1 fully saturated rings. The van der Waals surface area contributed by atoms with Gasteiger partial charge in [0.25, 0.3) is 5.91 Å². The molecule has 0 radical (unpaired) electrons. The molecule has 2 aliphatic rings. The van der Waals surface area contributed by atoms with E-state index in [1.54, 1.807) is 23.3 Å². The number of amides is 1. The van der Waals surface area contributed by atoms with Gasteiger partial charge in [0.1, 0.15) is 5.82 Å². The number of hydroxylamine groups is 1. The highest BCUT2D eigenvalue weighted by molar-refractivity contribution is 8.01. The van der Waals surface area contributed by atoms with Crippen molar-refractivity contribution in [2.45, 2.75) is 46.5 Å². The van der Waals surface area contributed by atoms with E-state index in [2.05, 4.69) is 28.8 Å². The number of halogens is 1. The lowest BCUT2D eigenvalue weighted by Gasteiger charge is -2.16. The van der Waals surface area contributed by atoms with Crippen molar-refractivity contribution in [3.8, 4) is 0 Å². The molecule has 0 aliphatic carbocycles. The normalized spacial score (nSPS) is 23.4. The fourth-order valence-corrected chi connectivity index (χ4v) is 7.27. The van der Waals surface area contributed by atoms with Crippen LogP contribution in [0.2, 0.25) is 0 Å². The van der Waals surface area contributed by atoms with Crippen molar-refractivity contribution in [2.24, 2.45) is 0 Å². The third-order valence-electron chi connectivity index (χ3n) is 5.79. The van der Waals surface area contributed by atoms with Gasteiger partial charge in [-0.3, -0.25) is 10.0 Å². The van der Waals surface area contributed by atoms with Gasteiger partial charge in [-0.05, 0) is 36.6 Å². The molecular weight excluding hydrogens is 407 g/mol. The molecule has 1 amide bonds. The molecule has 2 N–H and O–H groups in total. The number of rotatable bonds is 4. The lowest BCUT2D eigenvalue weighted by molar-refractivity contribution is -0.128. The summed E-state index contributed by atoms with van der Waals surface area (Å²) in [5, 5.41) is 10.3. The molecule has 3 atom stereocenters. The number of nitrogens with one attached hydrogen (secondary N) is 1. The van der Waals surface area contributed by atoms with Crippen LogP contribution < -0.4 is 5.48 Å². The highest BCUT2D eigenvalue weighted by Gasteiger charge is 2.34. The van der Waals surface area contributed by atoms with Gasteiger partial charge in [0.15, 0.2) is 0 Å². The number of benzene rings is 2. The summed E-state index contributed by atoms with van der Waals surface area (Å²) in [7, 11) is 0. The molecule has 0 saturated carbocycles. The van der Waals surface area contributed by atoms with Gasteiger partial charge in [0.2, 0.25) is 0 Å². The number of thioether (sulfide) groups is 2. The second-order valence-corrected chi connectivity index (χ2v) is 10.3. The molecule has 4 nitrogen and oxygen atoms in total. The maximum absolute atomic E-state index is 14.0. The quantitative estimate of drug-likeness (QED) is 0.457. The SMILES string of the molecule is O=C(NO)C1CCC(Cn2c3c(c4cc(F)ccc42)S[C@@H](c2ccccc2)C3)S1. The van der Waals surface area contributed by atoms with Crippen LogP contribution in [-0.2, 0) is 17.8 Å². The zero-order valence-electron chi connectivity index (χ0n) is 15.7. The minimum absolute atomic E-state index is 0.205. The summed E-state index contributed by atoms with van der Waals surface area (Å²) < 4.78 is 16.4. The molecule has 29 heavy (non-hydrogen) atoms. The maximum Gasteiger partial charge on any atom is 0.256 e. The summed E-state index contributed by atoms with van der Waals surface area (Å²) in [6, 6.07) is 15.5. The molecule has 5 rings (SSSR count). The van der Waals surface area contributed by atoms with Crippen LogP contribution in [0.4, 0.5) is 4.39 Å². The molecule has 1 aromatic heterocycles. The summed E-state index contributed by atoms with van der Waals surface area (Å²) in [5.41, 5.74) is 5.39. The van der Waals surface area contributed by atoms with E-state index in [1.807, 2.05) is 23.9 Å². The van der Waals surface area contributed by atoms with E-state index < -0.39 is 0 Å². The number of carbonyl (C=O) groups excluding carboxylic acids is 1. The maximum atomic E-state index is 14.0. The van der Waals surface area contributed by atoms with Gasteiger partial charge in [0, 0.05) is 45.0 Å². The number of nitrogens with zero attached hydrogens (tertiary/aromatic N) is 1. The molecule has 3 heterocycles. The van der Waals surface area contributed by atoms with Gasteiger partial charge < -0.3 is 4.57 Å². The van der Waals surface area contributed by atoms with Crippen LogP contribution in [0.1, 0.15) is 29.3 Å². The monoisotopic (exact) mass is 428 g/mol. The molecule has 0 bridgehead atoms. The van der Waals surface area contributed by atoms with Crippen molar-refractivity contribution in [3.63, 3.8) is 0 Å². The van der Waals surface area contributed by atoms with Crippen LogP contribution >= 0.6 is 23.5 Å². The first-order chi connectivity index (χ1) is 14.1. The summed E-state index contributed by atoms with van der Waals surface area (Å²) in [4.78, 5) is 12.9. The average molecular weight is 429 g/mol. The van der Waals surface area contributed by atoms with E-state index in [1.165, 1.54) is 22.2 Å². The zero-order chi connectivity index (χ0) is 20.0. The van der Waals surface area contributed by atoms with Gasteiger partial charge in [-0.25, -0.2) is 9.87 Å². The first-order valence-electron chi connectivity index (χ1n) is 9.75. The second kappa shape index (κ2) is 7.70. The van der Waals surface area contributed by atoms with Gasteiger partial charge >= 0.3 is 0 Å². The molecular formula is C22H21FN2O2S2. The smallest absolute Gasteiger partial charge is 0.256 e. The molecule has 0 spiro atoms. The van der Waals surface area contributed by atoms with Crippen LogP contribution in [0.15, 0.2) is 53.4 Å². The van der Waals surface area contributed by atoms with Crippen LogP contribution in [0.25, 0.3) is 10.9 Å². The average Bonchev–Trinajstić information content (AvgIpc) is 3.45. The van der Waals surface area contributed by atoms with Gasteiger partial charge in [-0.1, -0.05) is 30.3 Å². The third kappa shape index (κ3) is 3.45. The van der Waals surface area contributed by atoms with Crippen LogP contribution in [-0.4, -0.2) is 26.2 Å². The number of aromatic nitrogens is 1. The molecule has 1 saturated heterocycles. The van der Waals surface area contributed by atoms with Crippen molar-refractivity contribution in [2.75, 3.05) is 0 Å². The Kier molecular flexibility index (Phi) is 5.05. The van der Waals surface area contributed by atoms with Crippen molar-refractivity contribution >= 4 is 40.3 Å². The summed E-state index contributed by atoms with van der Waals surface area (Å²) in [6.45, 7) is 0.791. The van der Waals surface area contributed by atoms with Crippen molar-refractivity contribution < 1.29 is 14.4 Å². The van der Waals surface area contributed by atoms with E-state index in [-0.39, 0.29) is 17.0 Å². The Hall–Kier alpha value is -1.96. The summed E-state index contributed by atoms with van der Waals surface area (Å²) in [5.74, 6) is -0.530. The van der Waals surface area contributed by atoms with Crippen LogP contribution in [0.5, 0.6) is 0 Å². The fourth-order valence-electron chi connectivity index (χ4n) is 4.41. The highest BCUT2D eigenvalue weighted by atomic mass is 32.2. The predicted molar refractivity (Wildman–Crippen MR) is 115 cm³/mol. The van der Waals surface area contributed by atoms with Crippen molar-refractivity contribution in [3.05, 3.63) is 65.6 Å². The summed E-state index contributed by atoms with van der Waals surface area (Å²) in [6.07, 6.45) is 2.60. The van der Waals surface area contributed by atoms with E-state index in [4.69, 9.17) is 5.21 Å². The zero-order valence-corrected chi connectivity index (χ0v) is 17.3. The van der Waals surface area contributed by atoms with Crippen LogP contribution in [0.3, 0.4) is 0 Å². The Morgan fingerprint density at radius 1 is 1.21 bits per heavy atom. The lowest BCUT2D eigenvalue weighted by Crippen LogP contribution is -2.28. The first-order valence-corrected chi connectivity index (χ1v) is 11.6. The molecule has 3 aromatic rings. The largest absolute Gasteiger partial charge is 0.342 e. The lowest BCUT2D eigenvalue weighted by atomic mass is 10.1. The van der Waals surface area contributed by atoms with Crippen LogP contribution in [0, 0.1) is 5.82 Å². The number of carbonyl (C=O) groups is 1. The molecule has 2 aromatic carbocycles. The van der Waals surface area contributed by atoms with Crippen molar-refractivity contribution in [1.29, 1.82) is 0 Å². The topological polar surface area (TPSA) is 54.3 Å². The molecule has 7 heteroatoms. The van der Waals surface area contributed by atoms with E-state index >= 15 is 0 Å². The third-order valence-corrected chi connectivity index (χ3v) is 8.75. The Bertz CT molecular complexity index is 1070. The fraction of sp³-hybridized carbons (Fsp3) is 0.318.